The predicted molar refractivity (Wildman–Crippen MR) is 102 cm³/mol. The number of carbonyl (C=O) groups is 1. The van der Waals surface area contributed by atoms with Crippen LogP contribution in [0.4, 0.5) is 5.69 Å². The smallest absolute Gasteiger partial charge is 0.335 e. The fraction of sp³-hybridized carbons (Fsp3) is 0.0556. The minimum absolute atomic E-state index is 0.154. The SMILES string of the molecule is COc1cc(C(=O)O)ccc1NSc1csc(-c2ccccc2C#N)n1. The molecule has 0 unspecified atom stereocenters. The van der Waals surface area contributed by atoms with E-state index in [0.29, 0.717) is 17.0 Å². The number of anilines is 1. The molecule has 8 heteroatoms. The average Bonchev–Trinajstić information content (AvgIpc) is 3.14. The van der Waals surface area contributed by atoms with Gasteiger partial charge in [0.2, 0.25) is 0 Å². The summed E-state index contributed by atoms with van der Waals surface area (Å²) in [5, 5.41) is 21.6. The van der Waals surface area contributed by atoms with Crippen LogP contribution >= 0.6 is 23.3 Å². The maximum absolute atomic E-state index is 11.0. The van der Waals surface area contributed by atoms with Crippen LogP contribution in [0.3, 0.4) is 0 Å². The number of nitrogens with one attached hydrogen (secondary N) is 1. The highest BCUT2D eigenvalue weighted by atomic mass is 32.2. The van der Waals surface area contributed by atoms with Crippen LogP contribution in [0, 0.1) is 11.3 Å². The monoisotopic (exact) mass is 383 g/mol. The van der Waals surface area contributed by atoms with Gasteiger partial charge < -0.3 is 14.6 Å². The van der Waals surface area contributed by atoms with Crippen molar-refractivity contribution in [1.82, 2.24) is 4.98 Å². The number of hydrogen-bond donors (Lipinski definition) is 2. The van der Waals surface area contributed by atoms with Crippen molar-refractivity contribution < 1.29 is 14.6 Å². The third-order valence-corrected chi connectivity index (χ3v) is 5.24. The van der Waals surface area contributed by atoms with E-state index in [0.717, 1.165) is 15.6 Å². The van der Waals surface area contributed by atoms with Crippen LogP contribution in [0.15, 0.2) is 52.9 Å². The van der Waals surface area contributed by atoms with Crippen molar-refractivity contribution in [2.45, 2.75) is 5.03 Å². The first-order valence-corrected chi connectivity index (χ1v) is 9.11. The molecule has 0 radical (unpaired) electrons. The summed E-state index contributed by atoms with van der Waals surface area (Å²) in [4.78, 5) is 15.6. The van der Waals surface area contributed by atoms with Gasteiger partial charge in [0.05, 0.1) is 30.0 Å². The van der Waals surface area contributed by atoms with Crippen molar-refractivity contribution in [2.75, 3.05) is 11.8 Å². The zero-order chi connectivity index (χ0) is 18.5. The lowest BCUT2D eigenvalue weighted by atomic mass is 10.1. The Balaban J connectivity index is 1.77. The molecular formula is C18H13N3O3S2. The van der Waals surface area contributed by atoms with E-state index in [1.165, 1.54) is 42.5 Å². The molecule has 0 saturated carbocycles. The van der Waals surface area contributed by atoms with E-state index in [1.54, 1.807) is 12.1 Å². The highest BCUT2D eigenvalue weighted by molar-refractivity contribution is 8.00. The van der Waals surface area contributed by atoms with Crippen LogP contribution in [0.1, 0.15) is 15.9 Å². The Labute approximate surface area is 158 Å². The molecule has 0 amide bonds. The largest absolute Gasteiger partial charge is 0.495 e. The molecule has 0 fully saturated rings. The van der Waals surface area contributed by atoms with Gasteiger partial charge in [-0.25, -0.2) is 9.78 Å². The second kappa shape index (κ2) is 7.91. The van der Waals surface area contributed by atoms with E-state index in [1.807, 2.05) is 23.6 Å². The Morgan fingerprint density at radius 2 is 2.15 bits per heavy atom. The Morgan fingerprint density at radius 3 is 2.88 bits per heavy atom. The lowest BCUT2D eigenvalue weighted by Gasteiger charge is -2.10. The minimum Gasteiger partial charge on any atom is -0.495 e. The molecule has 3 aromatic rings. The summed E-state index contributed by atoms with van der Waals surface area (Å²) < 4.78 is 8.35. The summed E-state index contributed by atoms with van der Waals surface area (Å²) >= 11 is 2.74. The fourth-order valence-electron chi connectivity index (χ4n) is 2.21. The van der Waals surface area contributed by atoms with Gasteiger partial charge in [0.25, 0.3) is 0 Å². The van der Waals surface area contributed by atoms with E-state index in [2.05, 4.69) is 15.8 Å². The summed E-state index contributed by atoms with van der Waals surface area (Å²) in [5.74, 6) is -0.578. The van der Waals surface area contributed by atoms with Gasteiger partial charge in [-0.15, -0.1) is 11.3 Å². The number of nitriles is 1. The number of benzene rings is 2. The van der Waals surface area contributed by atoms with Crippen LogP contribution in [0.25, 0.3) is 10.6 Å². The van der Waals surface area contributed by atoms with Crippen LogP contribution < -0.4 is 9.46 Å². The topological polar surface area (TPSA) is 95.2 Å². The molecule has 2 aromatic carbocycles. The molecule has 1 aromatic heterocycles. The quantitative estimate of drug-likeness (QED) is 0.605. The predicted octanol–water partition coefficient (Wildman–Crippen LogP) is 4.51. The number of ether oxygens (including phenoxy) is 1. The van der Waals surface area contributed by atoms with Gasteiger partial charge >= 0.3 is 5.97 Å². The Hall–Kier alpha value is -3.02. The molecule has 1 heterocycles. The summed E-state index contributed by atoms with van der Waals surface area (Å²) in [5.41, 5.74) is 2.18. The Morgan fingerprint density at radius 1 is 1.35 bits per heavy atom. The van der Waals surface area contributed by atoms with Gasteiger partial charge in [0.15, 0.2) is 0 Å². The van der Waals surface area contributed by atoms with Gasteiger partial charge in [-0.05, 0) is 24.3 Å². The molecule has 26 heavy (non-hydrogen) atoms. The first kappa shape index (κ1) is 17.8. The first-order valence-electron chi connectivity index (χ1n) is 7.41. The maximum Gasteiger partial charge on any atom is 0.335 e. The number of aromatic nitrogens is 1. The van der Waals surface area contributed by atoms with Crippen LogP contribution in [0.2, 0.25) is 0 Å². The third kappa shape index (κ3) is 3.79. The van der Waals surface area contributed by atoms with Crippen LogP contribution in [-0.2, 0) is 0 Å². The third-order valence-electron chi connectivity index (χ3n) is 3.48. The van der Waals surface area contributed by atoms with E-state index in [4.69, 9.17) is 9.84 Å². The van der Waals surface area contributed by atoms with E-state index < -0.39 is 5.97 Å². The van der Waals surface area contributed by atoms with Crippen molar-refractivity contribution >= 4 is 34.9 Å². The molecule has 2 N–H and O–H groups in total. The van der Waals surface area contributed by atoms with Gasteiger partial charge in [-0.1, -0.05) is 18.2 Å². The summed E-state index contributed by atoms with van der Waals surface area (Å²) in [6, 6.07) is 14.1. The lowest BCUT2D eigenvalue weighted by molar-refractivity contribution is 0.0696. The van der Waals surface area contributed by atoms with Crippen LogP contribution in [0.5, 0.6) is 5.75 Å². The van der Waals surface area contributed by atoms with Crippen molar-refractivity contribution in [3.8, 4) is 22.4 Å². The molecule has 0 atom stereocenters. The van der Waals surface area contributed by atoms with Gasteiger partial charge in [0.1, 0.15) is 15.8 Å². The zero-order valence-corrected chi connectivity index (χ0v) is 15.2. The zero-order valence-electron chi connectivity index (χ0n) is 13.6. The Bertz CT molecular complexity index is 995. The Kier molecular flexibility index (Phi) is 5.41. The van der Waals surface area contributed by atoms with Crippen molar-refractivity contribution in [2.24, 2.45) is 0 Å². The highest BCUT2D eigenvalue weighted by Gasteiger charge is 2.12. The summed E-state index contributed by atoms with van der Waals surface area (Å²) in [7, 11) is 1.48. The number of aromatic carboxylic acids is 1. The molecule has 0 aliphatic carbocycles. The molecule has 6 nitrogen and oxygen atoms in total. The molecule has 0 spiro atoms. The van der Waals surface area contributed by atoms with Crippen LogP contribution in [-0.4, -0.2) is 23.2 Å². The number of thiazole rings is 1. The number of carboxylic acids is 1. The number of hydrogen-bond acceptors (Lipinski definition) is 7. The van der Waals surface area contributed by atoms with Crippen molar-refractivity contribution in [1.29, 1.82) is 5.26 Å². The lowest BCUT2D eigenvalue weighted by Crippen LogP contribution is -1.99. The standard InChI is InChI=1S/C18H13N3O3S2/c1-24-15-8-11(18(22)23)6-7-14(15)21-26-16-10-25-17(20-16)13-5-3-2-4-12(13)9-19/h2-8,10,21H,1H3,(H,22,23). The minimum atomic E-state index is -1.01. The van der Waals surface area contributed by atoms with Crippen molar-refractivity contribution in [3.63, 3.8) is 0 Å². The highest BCUT2D eigenvalue weighted by Crippen LogP contribution is 2.33. The second-order valence-electron chi connectivity index (χ2n) is 5.07. The molecule has 130 valence electrons. The van der Waals surface area contributed by atoms with E-state index in [9.17, 15) is 10.1 Å². The molecular weight excluding hydrogens is 370 g/mol. The molecule has 0 bridgehead atoms. The number of carboxylic acid groups (broad SMARTS) is 1. The average molecular weight is 383 g/mol. The summed E-state index contributed by atoms with van der Waals surface area (Å²) in [6.45, 7) is 0. The molecule has 0 saturated heterocycles. The normalized spacial score (nSPS) is 10.2. The number of rotatable bonds is 6. The van der Waals surface area contributed by atoms with E-state index in [-0.39, 0.29) is 5.56 Å². The van der Waals surface area contributed by atoms with Gasteiger partial charge in [-0.3, -0.25) is 0 Å². The summed E-state index contributed by atoms with van der Waals surface area (Å²) in [6.07, 6.45) is 0. The molecule has 0 aliphatic rings. The second-order valence-corrected chi connectivity index (χ2v) is 6.76. The van der Waals surface area contributed by atoms with Gasteiger partial charge in [0, 0.05) is 22.9 Å². The first-order chi connectivity index (χ1) is 12.6. The maximum atomic E-state index is 11.0. The van der Waals surface area contributed by atoms with Gasteiger partial charge in [-0.2, -0.15) is 5.26 Å². The van der Waals surface area contributed by atoms with Crippen molar-refractivity contribution in [3.05, 3.63) is 59.0 Å². The fourth-order valence-corrected chi connectivity index (χ4v) is 3.85. The van der Waals surface area contributed by atoms with E-state index >= 15 is 0 Å². The number of methoxy groups -OCH3 is 1. The molecule has 3 rings (SSSR count). The molecule has 0 aliphatic heterocycles. The number of nitrogens with zero attached hydrogens (tertiary/aromatic N) is 2.